The lowest BCUT2D eigenvalue weighted by atomic mass is 10.1. The van der Waals surface area contributed by atoms with Crippen LogP contribution in [0, 0.1) is 0 Å². The van der Waals surface area contributed by atoms with Crippen LogP contribution < -0.4 is 10.2 Å². The molecule has 2 atom stereocenters. The van der Waals surface area contributed by atoms with Gasteiger partial charge in [-0.1, -0.05) is 6.08 Å². The average molecular weight is 318 g/mol. The van der Waals surface area contributed by atoms with Crippen LogP contribution in [0.1, 0.15) is 33.7 Å². The zero-order chi connectivity index (χ0) is 16.3. The van der Waals surface area contributed by atoms with Crippen molar-refractivity contribution in [3.8, 4) is 5.75 Å². The Morgan fingerprint density at radius 1 is 1.43 bits per heavy atom. The lowest BCUT2D eigenvalue weighted by Gasteiger charge is -2.42. The van der Waals surface area contributed by atoms with E-state index in [-0.39, 0.29) is 24.1 Å². The number of aromatic carboxylic acids is 1. The Hall–Kier alpha value is -2.61. The van der Waals surface area contributed by atoms with Crippen molar-refractivity contribution in [3.63, 3.8) is 0 Å². The van der Waals surface area contributed by atoms with Gasteiger partial charge in [0, 0.05) is 18.3 Å². The number of carbonyl (C=O) groups is 2. The molecule has 2 aliphatic heterocycles. The van der Waals surface area contributed by atoms with Crippen LogP contribution in [0.25, 0.3) is 0 Å². The quantitative estimate of drug-likeness (QED) is 0.848. The van der Waals surface area contributed by atoms with Gasteiger partial charge in [-0.25, -0.2) is 4.79 Å². The second-order valence-electron chi connectivity index (χ2n) is 5.73. The SMILES string of the molecule is COc1c2n(cc(C(=O)O)c1=O)C[C@H]1O[C@@H]3CC=C(C3)N1C2=O. The predicted molar refractivity (Wildman–Crippen MR) is 76.4 cm³/mol. The molecule has 2 bridgehead atoms. The summed E-state index contributed by atoms with van der Waals surface area (Å²) >= 11 is 0. The first kappa shape index (κ1) is 14.0. The van der Waals surface area contributed by atoms with Crippen molar-refractivity contribution >= 4 is 11.9 Å². The standard InChI is InChI=1S/C15H14N2O6/c1-22-13-11-14(19)17-7-2-3-8(4-7)23-10(17)6-16(11)5-9(12(13)18)15(20)21/h2,5,8,10H,3-4,6H2,1H3,(H,20,21)/t8-,10-/m1/s1. The summed E-state index contributed by atoms with van der Waals surface area (Å²) in [7, 11) is 1.25. The minimum absolute atomic E-state index is 0.0563. The molecule has 1 aromatic heterocycles. The monoisotopic (exact) mass is 318 g/mol. The van der Waals surface area contributed by atoms with Crippen LogP contribution in [0.2, 0.25) is 0 Å². The van der Waals surface area contributed by atoms with E-state index in [4.69, 9.17) is 9.47 Å². The van der Waals surface area contributed by atoms with Gasteiger partial charge in [0.15, 0.2) is 17.7 Å². The van der Waals surface area contributed by atoms with Crippen LogP contribution in [0.3, 0.4) is 0 Å². The summed E-state index contributed by atoms with van der Waals surface area (Å²) in [4.78, 5) is 37.9. The number of ether oxygens (including phenoxy) is 2. The van der Waals surface area contributed by atoms with Crippen LogP contribution in [0.4, 0.5) is 0 Å². The van der Waals surface area contributed by atoms with E-state index in [0.717, 1.165) is 12.1 Å². The minimum Gasteiger partial charge on any atom is -0.491 e. The highest BCUT2D eigenvalue weighted by molar-refractivity contribution is 5.98. The molecule has 0 saturated carbocycles. The molecule has 0 aromatic carbocycles. The zero-order valence-corrected chi connectivity index (χ0v) is 12.3. The van der Waals surface area contributed by atoms with Gasteiger partial charge in [0.1, 0.15) is 5.56 Å². The van der Waals surface area contributed by atoms with Gasteiger partial charge in [-0.3, -0.25) is 14.5 Å². The average Bonchev–Trinajstić information content (AvgIpc) is 2.88. The van der Waals surface area contributed by atoms with Gasteiger partial charge >= 0.3 is 5.97 Å². The van der Waals surface area contributed by atoms with E-state index in [9.17, 15) is 19.5 Å². The van der Waals surface area contributed by atoms with E-state index in [0.29, 0.717) is 6.42 Å². The Morgan fingerprint density at radius 3 is 2.91 bits per heavy atom. The van der Waals surface area contributed by atoms with Crippen molar-refractivity contribution in [1.82, 2.24) is 9.47 Å². The highest BCUT2D eigenvalue weighted by Crippen LogP contribution is 2.38. The molecule has 3 aliphatic rings. The van der Waals surface area contributed by atoms with Gasteiger partial charge in [-0.05, 0) is 6.42 Å². The number of methoxy groups -OCH3 is 1. The molecule has 1 amide bonds. The molecule has 23 heavy (non-hydrogen) atoms. The molecule has 3 heterocycles. The van der Waals surface area contributed by atoms with Crippen LogP contribution in [0.15, 0.2) is 22.8 Å². The number of hydrogen-bond donors (Lipinski definition) is 1. The number of aromatic nitrogens is 1. The molecule has 4 rings (SSSR count). The molecule has 0 spiro atoms. The Balaban J connectivity index is 1.91. The minimum atomic E-state index is -1.36. The third kappa shape index (κ3) is 1.84. The van der Waals surface area contributed by atoms with E-state index in [1.807, 2.05) is 6.08 Å². The third-order valence-electron chi connectivity index (χ3n) is 4.45. The lowest BCUT2D eigenvalue weighted by molar-refractivity contribution is -0.106. The van der Waals surface area contributed by atoms with E-state index in [1.165, 1.54) is 17.9 Å². The number of amides is 1. The lowest BCUT2D eigenvalue weighted by Crippen LogP contribution is -2.53. The Morgan fingerprint density at radius 2 is 2.22 bits per heavy atom. The van der Waals surface area contributed by atoms with Gasteiger partial charge in [0.2, 0.25) is 5.43 Å². The highest BCUT2D eigenvalue weighted by atomic mass is 16.5. The first-order chi connectivity index (χ1) is 11.0. The molecule has 8 heteroatoms. The molecule has 0 unspecified atom stereocenters. The second kappa shape index (κ2) is 4.69. The van der Waals surface area contributed by atoms with Crippen LogP contribution in [-0.2, 0) is 11.3 Å². The largest absolute Gasteiger partial charge is 0.491 e. The summed E-state index contributed by atoms with van der Waals surface area (Å²) < 4.78 is 12.4. The summed E-state index contributed by atoms with van der Waals surface area (Å²) in [5.74, 6) is -2.00. The molecule has 1 aromatic rings. The van der Waals surface area contributed by atoms with Crippen LogP contribution in [0.5, 0.6) is 5.75 Å². The number of carboxylic acids is 1. The predicted octanol–water partition coefficient (Wildman–Crippen LogP) is 0.414. The molecule has 1 saturated heterocycles. The Bertz CT molecular complexity index is 824. The first-order valence-corrected chi connectivity index (χ1v) is 7.24. The normalized spacial score (nSPS) is 24.8. The van der Waals surface area contributed by atoms with Crippen LogP contribution >= 0.6 is 0 Å². The van der Waals surface area contributed by atoms with Crippen LogP contribution in [-0.4, -0.2) is 45.9 Å². The van der Waals surface area contributed by atoms with E-state index < -0.39 is 29.1 Å². The molecule has 8 nitrogen and oxygen atoms in total. The fraction of sp³-hybridized carbons (Fsp3) is 0.400. The van der Waals surface area contributed by atoms with Gasteiger partial charge < -0.3 is 19.1 Å². The fourth-order valence-electron chi connectivity index (χ4n) is 3.45. The van der Waals surface area contributed by atoms with Gasteiger partial charge in [-0.2, -0.15) is 0 Å². The number of nitrogens with zero attached hydrogens (tertiary/aromatic N) is 2. The summed E-state index contributed by atoms with van der Waals surface area (Å²) in [6, 6.07) is 0. The topological polar surface area (TPSA) is 98.1 Å². The number of hydrogen-bond acceptors (Lipinski definition) is 5. The second-order valence-corrected chi connectivity index (χ2v) is 5.73. The number of rotatable bonds is 2. The van der Waals surface area contributed by atoms with E-state index in [1.54, 1.807) is 4.90 Å². The highest BCUT2D eigenvalue weighted by Gasteiger charge is 2.44. The van der Waals surface area contributed by atoms with Crippen molar-refractivity contribution in [1.29, 1.82) is 0 Å². The van der Waals surface area contributed by atoms with Gasteiger partial charge in [-0.15, -0.1) is 0 Å². The molecular formula is C15H14N2O6. The maximum Gasteiger partial charge on any atom is 0.341 e. The van der Waals surface area contributed by atoms with Crippen molar-refractivity contribution in [2.24, 2.45) is 0 Å². The van der Waals surface area contributed by atoms with Crippen molar-refractivity contribution in [3.05, 3.63) is 39.5 Å². The van der Waals surface area contributed by atoms with E-state index >= 15 is 0 Å². The molecule has 1 aliphatic carbocycles. The van der Waals surface area contributed by atoms with Crippen molar-refractivity contribution in [2.75, 3.05) is 7.11 Å². The first-order valence-electron chi connectivity index (χ1n) is 7.24. The fourth-order valence-corrected chi connectivity index (χ4v) is 3.45. The number of fused-ring (bicyclic) bond motifs is 5. The summed E-state index contributed by atoms with van der Waals surface area (Å²) in [5, 5.41) is 9.18. The Kier molecular flexibility index (Phi) is 2.86. The summed E-state index contributed by atoms with van der Waals surface area (Å²) in [5.41, 5.74) is -0.271. The van der Waals surface area contributed by atoms with E-state index in [2.05, 4.69) is 0 Å². The third-order valence-corrected chi connectivity index (χ3v) is 4.45. The summed E-state index contributed by atoms with van der Waals surface area (Å²) in [6.07, 6.45) is 4.14. The zero-order valence-electron chi connectivity index (χ0n) is 12.3. The van der Waals surface area contributed by atoms with Crippen molar-refractivity contribution < 1.29 is 24.2 Å². The molecule has 0 radical (unpaired) electrons. The number of pyridine rings is 1. The molecule has 120 valence electrons. The maximum absolute atomic E-state index is 12.9. The van der Waals surface area contributed by atoms with Gasteiger partial charge in [0.25, 0.3) is 5.91 Å². The molecule has 1 N–H and O–H groups in total. The summed E-state index contributed by atoms with van der Waals surface area (Å²) in [6.45, 7) is 0.256. The maximum atomic E-state index is 12.9. The number of carboxylic acid groups (broad SMARTS) is 1. The van der Waals surface area contributed by atoms with Gasteiger partial charge in [0.05, 0.1) is 19.8 Å². The molecular weight excluding hydrogens is 304 g/mol. The van der Waals surface area contributed by atoms with Crippen molar-refractivity contribution in [2.45, 2.75) is 31.7 Å². The Labute approximate surface area is 130 Å². The number of carbonyl (C=O) groups excluding carboxylic acids is 1. The molecule has 1 fully saturated rings. The smallest absolute Gasteiger partial charge is 0.341 e.